The van der Waals surface area contributed by atoms with Crippen LogP contribution in [0.15, 0.2) is 11.4 Å². The summed E-state index contributed by atoms with van der Waals surface area (Å²) in [5.74, 6) is 0.150. The number of nitrogens with zero attached hydrogens (tertiary/aromatic N) is 3. The van der Waals surface area contributed by atoms with Crippen LogP contribution in [0.3, 0.4) is 0 Å². The minimum atomic E-state index is -0.184. The van der Waals surface area contributed by atoms with Gasteiger partial charge in [0.15, 0.2) is 5.78 Å². The minimum absolute atomic E-state index is 0.150. The number of Topliss-reactive ketones (excluding diaryl/α,β-unsaturated/α-hetero) is 1. The summed E-state index contributed by atoms with van der Waals surface area (Å²) < 4.78 is 5.10. The summed E-state index contributed by atoms with van der Waals surface area (Å²) in [6.45, 7) is 10.3. The van der Waals surface area contributed by atoms with E-state index in [-0.39, 0.29) is 11.9 Å². The maximum Gasteiger partial charge on any atom is 0.409 e. The molecule has 1 aromatic heterocycles. The van der Waals surface area contributed by atoms with Gasteiger partial charge < -0.3 is 9.64 Å². The summed E-state index contributed by atoms with van der Waals surface area (Å²) >= 11 is 1.55. The second-order valence-corrected chi connectivity index (χ2v) is 8.04. The van der Waals surface area contributed by atoms with Gasteiger partial charge in [-0.05, 0) is 50.2 Å². The highest BCUT2D eigenvalue weighted by Gasteiger charge is 2.29. The summed E-state index contributed by atoms with van der Waals surface area (Å²) in [6, 6.07) is 2.59. The first-order valence-corrected chi connectivity index (χ1v) is 10.4. The highest BCUT2D eigenvalue weighted by molar-refractivity contribution is 7.12. The number of carbonyl (C=O) groups is 2. The van der Waals surface area contributed by atoms with Crippen molar-refractivity contribution in [2.45, 2.75) is 39.3 Å². The average molecular weight is 380 g/mol. The number of carbonyl (C=O) groups excluding carboxylic acids is 2. The summed E-state index contributed by atoms with van der Waals surface area (Å²) in [5.41, 5.74) is 1.24. The molecule has 2 saturated heterocycles. The predicted octanol–water partition coefficient (Wildman–Crippen LogP) is 2.69. The van der Waals surface area contributed by atoms with Gasteiger partial charge in [0.1, 0.15) is 0 Å². The molecule has 6 nitrogen and oxygen atoms in total. The van der Waals surface area contributed by atoms with Gasteiger partial charge >= 0.3 is 6.09 Å². The van der Waals surface area contributed by atoms with Gasteiger partial charge in [-0.25, -0.2) is 4.79 Å². The highest BCUT2D eigenvalue weighted by atomic mass is 32.1. The Morgan fingerprint density at radius 1 is 1.23 bits per heavy atom. The number of hydrogen-bond donors (Lipinski definition) is 0. The molecule has 0 N–H and O–H groups in total. The quantitative estimate of drug-likeness (QED) is 0.737. The maximum atomic E-state index is 11.8. The molecule has 1 atom stereocenters. The van der Waals surface area contributed by atoms with Crippen molar-refractivity contribution in [2.24, 2.45) is 0 Å². The molecule has 2 aliphatic rings. The molecule has 3 rings (SSSR count). The van der Waals surface area contributed by atoms with Gasteiger partial charge in [0.05, 0.1) is 11.5 Å². The van der Waals surface area contributed by atoms with Crippen LogP contribution in [-0.2, 0) is 11.3 Å². The first-order chi connectivity index (χ1) is 12.6. The van der Waals surface area contributed by atoms with Crippen molar-refractivity contribution >= 4 is 23.2 Å². The molecule has 1 amide bonds. The third-order valence-electron chi connectivity index (χ3n) is 5.24. The molecule has 2 fully saturated rings. The van der Waals surface area contributed by atoms with Gasteiger partial charge in [0.25, 0.3) is 0 Å². The number of amides is 1. The Kier molecular flexibility index (Phi) is 6.67. The van der Waals surface area contributed by atoms with Crippen molar-refractivity contribution in [1.29, 1.82) is 0 Å². The highest BCUT2D eigenvalue weighted by Crippen LogP contribution is 2.22. The lowest BCUT2D eigenvalue weighted by atomic mass is 10.0. The Labute approximate surface area is 159 Å². The normalized spacial score (nSPS) is 22.4. The molecular weight excluding hydrogens is 350 g/mol. The molecular formula is C19H29N3O3S. The first kappa shape index (κ1) is 19.3. The zero-order chi connectivity index (χ0) is 18.5. The van der Waals surface area contributed by atoms with E-state index in [1.807, 2.05) is 17.9 Å². The van der Waals surface area contributed by atoms with Gasteiger partial charge in [0.2, 0.25) is 0 Å². The van der Waals surface area contributed by atoms with E-state index in [1.54, 1.807) is 18.3 Å². The number of piperidine rings is 1. The number of likely N-dealkylation sites (tertiary alicyclic amines) is 1. The van der Waals surface area contributed by atoms with Gasteiger partial charge in [-0.3, -0.25) is 14.6 Å². The van der Waals surface area contributed by atoms with E-state index in [4.69, 9.17) is 4.74 Å². The van der Waals surface area contributed by atoms with Crippen LogP contribution in [0.25, 0.3) is 0 Å². The molecule has 0 spiro atoms. The zero-order valence-electron chi connectivity index (χ0n) is 15.8. The van der Waals surface area contributed by atoms with Gasteiger partial charge in [0, 0.05) is 45.3 Å². The maximum absolute atomic E-state index is 11.8. The average Bonchev–Trinajstić information content (AvgIpc) is 3.11. The summed E-state index contributed by atoms with van der Waals surface area (Å²) in [6.07, 6.45) is 2.24. The Morgan fingerprint density at radius 2 is 2.00 bits per heavy atom. The molecule has 26 heavy (non-hydrogen) atoms. The molecule has 7 heteroatoms. The SMILES string of the molecule is CCOC(=O)N1CCN(C2CCCN(Cc3csc(C(C)=O)c3)C2)CC1. The largest absolute Gasteiger partial charge is 0.450 e. The lowest BCUT2D eigenvalue weighted by Crippen LogP contribution is -2.55. The lowest BCUT2D eigenvalue weighted by Gasteiger charge is -2.43. The summed E-state index contributed by atoms with van der Waals surface area (Å²) in [4.78, 5) is 31.0. The number of ether oxygens (including phenoxy) is 1. The lowest BCUT2D eigenvalue weighted by molar-refractivity contribution is 0.0413. The molecule has 3 heterocycles. The third kappa shape index (κ3) is 4.84. The Bertz CT molecular complexity index is 625. The van der Waals surface area contributed by atoms with Crippen molar-refractivity contribution in [1.82, 2.24) is 14.7 Å². The van der Waals surface area contributed by atoms with Crippen molar-refractivity contribution in [3.63, 3.8) is 0 Å². The van der Waals surface area contributed by atoms with E-state index in [0.29, 0.717) is 12.6 Å². The molecule has 1 unspecified atom stereocenters. The van der Waals surface area contributed by atoms with Crippen LogP contribution in [-0.4, -0.2) is 78.5 Å². The molecule has 0 radical (unpaired) electrons. The third-order valence-corrected chi connectivity index (χ3v) is 6.32. The van der Waals surface area contributed by atoms with E-state index in [0.717, 1.165) is 50.7 Å². The van der Waals surface area contributed by atoms with Crippen LogP contribution in [0.4, 0.5) is 4.79 Å². The van der Waals surface area contributed by atoms with E-state index >= 15 is 0 Å². The van der Waals surface area contributed by atoms with Crippen molar-refractivity contribution in [2.75, 3.05) is 45.9 Å². The number of hydrogen-bond acceptors (Lipinski definition) is 6. The molecule has 1 aromatic rings. The van der Waals surface area contributed by atoms with E-state index in [9.17, 15) is 9.59 Å². The van der Waals surface area contributed by atoms with Crippen molar-refractivity contribution in [3.8, 4) is 0 Å². The molecule has 0 aliphatic carbocycles. The second kappa shape index (κ2) is 8.97. The molecule has 0 aromatic carbocycles. The van der Waals surface area contributed by atoms with Gasteiger partial charge in [-0.15, -0.1) is 11.3 Å². The van der Waals surface area contributed by atoms with Gasteiger partial charge in [-0.2, -0.15) is 0 Å². The topological polar surface area (TPSA) is 53.1 Å². The molecule has 0 bridgehead atoms. The van der Waals surface area contributed by atoms with Crippen LogP contribution in [0, 0.1) is 0 Å². The van der Waals surface area contributed by atoms with E-state index in [1.165, 1.54) is 18.4 Å². The second-order valence-electron chi connectivity index (χ2n) is 7.13. The number of thiophene rings is 1. The van der Waals surface area contributed by atoms with Crippen LogP contribution < -0.4 is 0 Å². The molecule has 0 saturated carbocycles. The van der Waals surface area contributed by atoms with E-state index in [2.05, 4.69) is 15.2 Å². The van der Waals surface area contributed by atoms with Crippen molar-refractivity contribution in [3.05, 3.63) is 21.9 Å². The smallest absolute Gasteiger partial charge is 0.409 e. The Morgan fingerprint density at radius 3 is 2.65 bits per heavy atom. The van der Waals surface area contributed by atoms with Crippen molar-refractivity contribution < 1.29 is 14.3 Å². The first-order valence-electron chi connectivity index (χ1n) is 9.53. The standard InChI is InChI=1S/C19H29N3O3S/c1-3-25-19(24)22-9-7-21(8-10-22)17-5-4-6-20(13-17)12-16-11-18(15(2)23)26-14-16/h11,14,17H,3-10,12-13H2,1-2H3. The minimum Gasteiger partial charge on any atom is -0.450 e. The fourth-order valence-corrected chi connectivity index (χ4v) is 4.66. The van der Waals surface area contributed by atoms with Crippen LogP contribution in [0.1, 0.15) is 41.9 Å². The Balaban J connectivity index is 1.49. The fraction of sp³-hybridized carbons (Fsp3) is 0.684. The van der Waals surface area contributed by atoms with Crippen LogP contribution in [0.5, 0.6) is 0 Å². The monoisotopic (exact) mass is 379 g/mol. The zero-order valence-corrected chi connectivity index (χ0v) is 16.6. The summed E-state index contributed by atoms with van der Waals surface area (Å²) in [7, 11) is 0. The summed E-state index contributed by atoms with van der Waals surface area (Å²) in [5, 5.41) is 2.11. The number of ketones is 1. The number of rotatable bonds is 5. The van der Waals surface area contributed by atoms with Crippen LogP contribution in [0.2, 0.25) is 0 Å². The molecule has 144 valence electrons. The molecule has 2 aliphatic heterocycles. The predicted molar refractivity (Wildman–Crippen MR) is 103 cm³/mol. The van der Waals surface area contributed by atoms with Gasteiger partial charge in [-0.1, -0.05) is 0 Å². The van der Waals surface area contributed by atoms with E-state index < -0.39 is 0 Å². The fourth-order valence-electron chi connectivity index (χ4n) is 3.86. The number of piperazine rings is 1. The van der Waals surface area contributed by atoms with Crippen LogP contribution >= 0.6 is 11.3 Å². The Hall–Kier alpha value is -1.44.